The maximum atomic E-state index is 13.4. The van der Waals surface area contributed by atoms with Gasteiger partial charge in [-0.05, 0) is 51.7 Å². The van der Waals surface area contributed by atoms with E-state index in [2.05, 4.69) is 30.0 Å². The molecule has 166 valence electrons. The Bertz CT molecular complexity index is 1200. The number of hydrogen-bond donors (Lipinski definition) is 1. The third-order valence-electron chi connectivity index (χ3n) is 6.26. The second kappa shape index (κ2) is 8.12. The van der Waals surface area contributed by atoms with Gasteiger partial charge in [-0.2, -0.15) is 5.10 Å². The summed E-state index contributed by atoms with van der Waals surface area (Å²) >= 11 is 1.74. The van der Waals surface area contributed by atoms with Gasteiger partial charge in [0, 0.05) is 40.5 Å². The van der Waals surface area contributed by atoms with Gasteiger partial charge in [-0.1, -0.05) is 0 Å². The van der Waals surface area contributed by atoms with Crippen LogP contribution < -0.4 is 5.73 Å². The Labute approximate surface area is 190 Å². The molecule has 2 N–H and O–H groups in total. The number of primary amides is 1. The van der Waals surface area contributed by atoms with Crippen LogP contribution in [-0.2, 0) is 4.79 Å². The van der Waals surface area contributed by atoms with Crippen LogP contribution in [0.15, 0.2) is 24.5 Å². The van der Waals surface area contributed by atoms with Gasteiger partial charge in [-0.3, -0.25) is 9.59 Å². The van der Waals surface area contributed by atoms with Gasteiger partial charge in [0.2, 0.25) is 5.91 Å². The highest BCUT2D eigenvalue weighted by Gasteiger charge is 2.36. The maximum absolute atomic E-state index is 13.4. The molecule has 0 radical (unpaired) electrons. The molecule has 5 rings (SSSR count). The lowest BCUT2D eigenvalue weighted by molar-refractivity contribution is -0.123. The van der Waals surface area contributed by atoms with E-state index in [1.54, 1.807) is 33.3 Å². The number of amides is 2. The predicted octanol–water partition coefficient (Wildman–Crippen LogP) is 3.22. The molecule has 9 heteroatoms. The van der Waals surface area contributed by atoms with Gasteiger partial charge < -0.3 is 10.6 Å². The van der Waals surface area contributed by atoms with Crippen molar-refractivity contribution in [3.05, 3.63) is 45.5 Å². The second-order valence-electron chi connectivity index (χ2n) is 8.69. The van der Waals surface area contributed by atoms with Crippen LogP contribution in [0.3, 0.4) is 0 Å². The summed E-state index contributed by atoms with van der Waals surface area (Å²) in [6.07, 6.45) is 6.90. The van der Waals surface area contributed by atoms with Crippen molar-refractivity contribution in [2.24, 2.45) is 11.7 Å². The van der Waals surface area contributed by atoms with E-state index in [4.69, 9.17) is 10.7 Å². The zero-order valence-corrected chi connectivity index (χ0v) is 19.1. The summed E-state index contributed by atoms with van der Waals surface area (Å²) in [5.41, 5.74) is 8.89. The largest absolute Gasteiger partial charge is 0.369 e. The summed E-state index contributed by atoms with van der Waals surface area (Å²) in [6, 6.07) is 4.04. The summed E-state index contributed by atoms with van der Waals surface area (Å²) in [4.78, 5) is 38.5. The van der Waals surface area contributed by atoms with Crippen LogP contribution in [0.5, 0.6) is 0 Å². The monoisotopic (exact) mass is 450 g/mol. The number of aryl methyl sites for hydroxylation is 2. The van der Waals surface area contributed by atoms with Crippen molar-refractivity contribution in [1.82, 2.24) is 24.6 Å². The van der Waals surface area contributed by atoms with Crippen molar-refractivity contribution >= 4 is 23.2 Å². The van der Waals surface area contributed by atoms with Crippen molar-refractivity contribution in [2.75, 3.05) is 13.1 Å². The normalized spacial score (nSPS) is 18.7. The molecule has 0 bridgehead atoms. The minimum absolute atomic E-state index is 0.0930. The number of rotatable bonds is 5. The SMILES string of the molecule is Cc1cc(-c2ccnc(-n3ncc(C(=O)N4CCC[C@@H](C(N)=O)C4)c3C3CC3)n2)c(C)s1. The molecular weight excluding hydrogens is 424 g/mol. The van der Waals surface area contributed by atoms with E-state index in [-0.39, 0.29) is 23.7 Å². The molecule has 1 saturated carbocycles. The average molecular weight is 451 g/mol. The van der Waals surface area contributed by atoms with Gasteiger partial charge in [0.1, 0.15) is 0 Å². The lowest BCUT2D eigenvalue weighted by atomic mass is 9.97. The van der Waals surface area contributed by atoms with Crippen LogP contribution in [0, 0.1) is 19.8 Å². The van der Waals surface area contributed by atoms with Gasteiger partial charge in [-0.25, -0.2) is 14.6 Å². The highest BCUT2D eigenvalue weighted by atomic mass is 32.1. The van der Waals surface area contributed by atoms with Gasteiger partial charge in [-0.15, -0.1) is 11.3 Å². The molecular formula is C23H26N6O2S. The molecule has 8 nitrogen and oxygen atoms in total. The fraction of sp³-hybridized carbons (Fsp3) is 0.435. The van der Waals surface area contributed by atoms with Crippen LogP contribution in [0.25, 0.3) is 17.2 Å². The van der Waals surface area contributed by atoms with E-state index in [0.29, 0.717) is 24.6 Å². The molecule has 1 aliphatic heterocycles. The Balaban J connectivity index is 1.49. The Kier molecular flexibility index (Phi) is 5.28. The number of carbonyl (C=O) groups excluding carboxylic acids is 2. The zero-order chi connectivity index (χ0) is 22.4. The number of nitrogens with two attached hydrogens (primary N) is 1. The molecule has 3 aromatic heterocycles. The summed E-state index contributed by atoms with van der Waals surface area (Å²) in [5, 5.41) is 4.54. The number of hydrogen-bond acceptors (Lipinski definition) is 6. The molecule has 2 fully saturated rings. The third-order valence-corrected chi connectivity index (χ3v) is 7.23. The smallest absolute Gasteiger partial charge is 0.257 e. The lowest BCUT2D eigenvalue weighted by Gasteiger charge is -2.31. The average Bonchev–Trinajstić information content (AvgIpc) is 3.44. The minimum atomic E-state index is -0.343. The van der Waals surface area contributed by atoms with Gasteiger partial charge in [0.25, 0.3) is 11.9 Å². The first-order valence-electron chi connectivity index (χ1n) is 11.0. The first kappa shape index (κ1) is 20.8. The molecule has 1 aliphatic carbocycles. The summed E-state index contributed by atoms with van der Waals surface area (Å²) in [6.45, 7) is 5.17. The zero-order valence-electron chi connectivity index (χ0n) is 18.2. The number of likely N-dealkylation sites (tertiary alicyclic amines) is 1. The molecule has 3 aromatic rings. The van der Waals surface area contributed by atoms with Crippen LogP contribution >= 0.6 is 11.3 Å². The predicted molar refractivity (Wildman–Crippen MR) is 122 cm³/mol. The lowest BCUT2D eigenvalue weighted by Crippen LogP contribution is -2.44. The highest BCUT2D eigenvalue weighted by Crippen LogP contribution is 2.42. The van der Waals surface area contributed by atoms with Crippen molar-refractivity contribution in [1.29, 1.82) is 0 Å². The number of carbonyl (C=O) groups is 2. The van der Waals surface area contributed by atoms with E-state index >= 15 is 0 Å². The molecule has 2 amide bonds. The summed E-state index contributed by atoms with van der Waals surface area (Å²) in [7, 11) is 0. The van der Waals surface area contributed by atoms with E-state index in [1.807, 2.05) is 6.07 Å². The maximum Gasteiger partial charge on any atom is 0.257 e. The highest BCUT2D eigenvalue weighted by molar-refractivity contribution is 7.12. The second-order valence-corrected chi connectivity index (χ2v) is 10.2. The van der Waals surface area contributed by atoms with E-state index in [1.165, 1.54) is 9.75 Å². The molecule has 0 spiro atoms. The van der Waals surface area contributed by atoms with E-state index in [9.17, 15) is 9.59 Å². The van der Waals surface area contributed by atoms with Crippen molar-refractivity contribution in [3.63, 3.8) is 0 Å². The quantitative estimate of drug-likeness (QED) is 0.642. The first-order chi connectivity index (χ1) is 15.4. The number of thiophene rings is 1. The van der Waals surface area contributed by atoms with Crippen LogP contribution in [-0.4, -0.2) is 49.6 Å². The van der Waals surface area contributed by atoms with Crippen molar-refractivity contribution in [2.45, 2.75) is 45.4 Å². The number of piperidine rings is 1. The van der Waals surface area contributed by atoms with Gasteiger partial charge in [0.05, 0.1) is 29.1 Å². The molecule has 4 heterocycles. The Morgan fingerprint density at radius 2 is 2.03 bits per heavy atom. The first-order valence-corrected chi connectivity index (χ1v) is 11.8. The Hall–Kier alpha value is -3.07. The van der Waals surface area contributed by atoms with Crippen molar-refractivity contribution < 1.29 is 9.59 Å². The minimum Gasteiger partial charge on any atom is -0.369 e. The molecule has 1 saturated heterocycles. The Morgan fingerprint density at radius 1 is 1.22 bits per heavy atom. The van der Waals surface area contributed by atoms with E-state index in [0.717, 1.165) is 42.6 Å². The molecule has 0 aromatic carbocycles. The van der Waals surface area contributed by atoms with Crippen LogP contribution in [0.4, 0.5) is 0 Å². The summed E-state index contributed by atoms with van der Waals surface area (Å²) in [5.74, 6) is 0.0182. The number of nitrogens with zero attached hydrogens (tertiary/aromatic N) is 5. The van der Waals surface area contributed by atoms with Gasteiger partial charge >= 0.3 is 0 Å². The standard InChI is InChI=1S/C23H26N6O2S/c1-13-10-17(14(2)32-13)19-7-8-25-23(27-19)29-20(15-5-6-15)18(11-26-29)22(31)28-9-3-4-16(12-28)21(24)30/h7-8,10-11,15-16H,3-6,9,12H2,1-2H3,(H2,24,30)/t16-/m1/s1. The molecule has 32 heavy (non-hydrogen) atoms. The molecule has 1 atom stereocenters. The van der Waals surface area contributed by atoms with E-state index < -0.39 is 0 Å². The topological polar surface area (TPSA) is 107 Å². The fourth-order valence-corrected chi connectivity index (χ4v) is 5.41. The summed E-state index contributed by atoms with van der Waals surface area (Å²) < 4.78 is 1.72. The molecule has 2 aliphatic rings. The van der Waals surface area contributed by atoms with Gasteiger partial charge in [0.15, 0.2) is 0 Å². The fourth-order valence-electron chi connectivity index (χ4n) is 4.48. The van der Waals surface area contributed by atoms with Crippen LogP contribution in [0.1, 0.15) is 57.4 Å². The number of aromatic nitrogens is 4. The van der Waals surface area contributed by atoms with Crippen molar-refractivity contribution in [3.8, 4) is 17.2 Å². The molecule has 0 unspecified atom stereocenters. The van der Waals surface area contributed by atoms with Crippen LogP contribution in [0.2, 0.25) is 0 Å². The third kappa shape index (κ3) is 3.81. The Morgan fingerprint density at radius 3 is 2.72 bits per heavy atom.